The Labute approximate surface area is 165 Å². The first-order valence-electron chi connectivity index (χ1n) is 8.58. The van der Waals surface area contributed by atoms with E-state index in [9.17, 15) is 27.3 Å². The lowest BCUT2D eigenvalue weighted by Crippen LogP contribution is -2.50. The Morgan fingerprint density at radius 2 is 1.82 bits per heavy atom. The van der Waals surface area contributed by atoms with Gasteiger partial charge in [0.25, 0.3) is 5.91 Å². The highest BCUT2D eigenvalue weighted by atomic mass is 32.2. The number of alkyl carbamates (subject to hydrolysis) is 1. The molecule has 0 spiro atoms. The van der Waals surface area contributed by atoms with Gasteiger partial charge in [-0.15, -0.1) is 0 Å². The van der Waals surface area contributed by atoms with Crippen molar-refractivity contribution in [2.75, 3.05) is 0 Å². The summed E-state index contributed by atoms with van der Waals surface area (Å²) in [5, 5.41) is 2.41. The normalized spacial score (nSPS) is 14.4. The molecule has 6 nitrogen and oxygen atoms in total. The molecule has 1 aromatic rings. The molecule has 1 rings (SSSR count). The maximum absolute atomic E-state index is 12.8. The van der Waals surface area contributed by atoms with Crippen LogP contribution in [0.3, 0.4) is 0 Å². The van der Waals surface area contributed by atoms with E-state index < -0.39 is 46.7 Å². The first kappa shape index (κ1) is 24.1. The number of benzene rings is 1. The van der Waals surface area contributed by atoms with Crippen molar-refractivity contribution in [3.63, 3.8) is 0 Å². The average molecular weight is 422 g/mol. The Kier molecular flexibility index (Phi) is 8.18. The van der Waals surface area contributed by atoms with Gasteiger partial charge in [0.15, 0.2) is 4.90 Å². The molecule has 2 amide bonds. The maximum atomic E-state index is 12.8. The molecule has 0 aliphatic carbocycles. The van der Waals surface area contributed by atoms with E-state index in [4.69, 9.17) is 4.74 Å². The van der Waals surface area contributed by atoms with Crippen LogP contribution in [0.2, 0.25) is 0 Å². The molecule has 10 heteroatoms. The number of hydrogen-bond acceptors (Lipinski definition) is 4. The number of amides is 2. The summed E-state index contributed by atoms with van der Waals surface area (Å²) in [6.07, 6.45) is -5.19. The number of rotatable bonds is 6. The van der Waals surface area contributed by atoms with Crippen molar-refractivity contribution in [2.24, 2.45) is 5.92 Å². The standard InChI is InChI=1S/C18H25F3N2O4S/c1-11(2)9-14(22-16(25)27-17(3,4)5)15(24)23-28(26)13-8-6-7-12(10-13)18(19,20)21/h6-8,10-11,14H,9H2,1-5H3,(H,22,25)(H,23,24)/t14-,28?/m0/s1. The van der Waals surface area contributed by atoms with Crippen LogP contribution >= 0.6 is 0 Å². The van der Waals surface area contributed by atoms with E-state index in [0.29, 0.717) is 6.07 Å². The molecule has 0 saturated heterocycles. The molecule has 0 bridgehead atoms. The largest absolute Gasteiger partial charge is 0.588 e. The Morgan fingerprint density at radius 1 is 1.21 bits per heavy atom. The fourth-order valence-electron chi connectivity index (χ4n) is 2.16. The third kappa shape index (κ3) is 8.39. The number of ether oxygens (including phenoxy) is 1. The Hall–Kier alpha value is -1.94. The lowest BCUT2D eigenvalue weighted by atomic mass is 10.0. The van der Waals surface area contributed by atoms with Gasteiger partial charge in [0, 0.05) is 6.07 Å². The first-order chi connectivity index (χ1) is 12.7. The van der Waals surface area contributed by atoms with Gasteiger partial charge in [-0.3, -0.25) is 4.79 Å². The summed E-state index contributed by atoms with van der Waals surface area (Å²) in [5.41, 5.74) is -1.75. The van der Waals surface area contributed by atoms with Gasteiger partial charge < -0.3 is 14.6 Å². The minimum atomic E-state index is -4.59. The van der Waals surface area contributed by atoms with Gasteiger partial charge in [-0.25, -0.2) is 4.79 Å². The quantitative estimate of drug-likeness (QED) is 0.683. The van der Waals surface area contributed by atoms with E-state index in [-0.39, 0.29) is 17.2 Å². The van der Waals surface area contributed by atoms with E-state index >= 15 is 0 Å². The second-order valence-electron chi connectivity index (χ2n) is 7.59. The van der Waals surface area contributed by atoms with Crippen molar-refractivity contribution in [3.8, 4) is 0 Å². The van der Waals surface area contributed by atoms with Crippen LogP contribution in [0.1, 0.15) is 46.6 Å². The Bertz CT molecular complexity index is 690. The predicted molar refractivity (Wildman–Crippen MR) is 98.6 cm³/mol. The van der Waals surface area contributed by atoms with Crippen LogP contribution in [0.15, 0.2) is 29.2 Å². The second kappa shape index (κ2) is 9.51. The van der Waals surface area contributed by atoms with Crippen LogP contribution in [-0.2, 0) is 27.1 Å². The lowest BCUT2D eigenvalue weighted by molar-refractivity contribution is -0.137. The number of alkyl halides is 3. The zero-order valence-electron chi connectivity index (χ0n) is 16.3. The van der Waals surface area contributed by atoms with Gasteiger partial charge in [-0.1, -0.05) is 19.9 Å². The highest BCUT2D eigenvalue weighted by molar-refractivity contribution is 7.90. The number of halogens is 3. The van der Waals surface area contributed by atoms with Gasteiger partial charge in [0.1, 0.15) is 23.0 Å². The second-order valence-corrected chi connectivity index (χ2v) is 8.80. The van der Waals surface area contributed by atoms with Crippen LogP contribution in [0.4, 0.5) is 18.0 Å². The van der Waals surface area contributed by atoms with Crippen molar-refractivity contribution < 1.29 is 32.0 Å². The molecule has 158 valence electrons. The third-order valence-corrected chi connectivity index (χ3v) is 4.35. The molecular weight excluding hydrogens is 397 g/mol. The van der Waals surface area contributed by atoms with Gasteiger partial charge >= 0.3 is 12.3 Å². The molecule has 28 heavy (non-hydrogen) atoms. The molecule has 0 saturated carbocycles. The van der Waals surface area contributed by atoms with E-state index in [1.54, 1.807) is 20.8 Å². The van der Waals surface area contributed by atoms with Crippen molar-refractivity contribution in [1.29, 1.82) is 0 Å². The van der Waals surface area contributed by atoms with Crippen LogP contribution in [0, 0.1) is 5.92 Å². The molecule has 0 aliphatic heterocycles. The number of nitrogens with one attached hydrogen (secondary N) is 2. The molecule has 1 unspecified atom stereocenters. The number of hydrogen-bond donors (Lipinski definition) is 2. The minimum absolute atomic E-state index is 0.00711. The van der Waals surface area contributed by atoms with Gasteiger partial charge in [0.05, 0.1) is 5.56 Å². The monoisotopic (exact) mass is 422 g/mol. The summed E-state index contributed by atoms with van der Waals surface area (Å²) < 4.78 is 58.0. The lowest BCUT2D eigenvalue weighted by Gasteiger charge is -2.24. The zero-order chi connectivity index (χ0) is 21.7. The molecule has 0 fully saturated rings. The van der Waals surface area contributed by atoms with E-state index in [0.717, 1.165) is 12.1 Å². The molecule has 1 aromatic carbocycles. The Morgan fingerprint density at radius 3 is 2.32 bits per heavy atom. The van der Waals surface area contributed by atoms with Crippen molar-refractivity contribution in [2.45, 2.75) is 63.8 Å². The van der Waals surface area contributed by atoms with Crippen molar-refractivity contribution in [1.82, 2.24) is 10.0 Å². The van der Waals surface area contributed by atoms with Crippen LogP contribution < -0.4 is 10.0 Å². The summed E-state index contributed by atoms with van der Waals surface area (Å²) in [5.74, 6) is -0.775. The molecule has 0 aromatic heterocycles. The summed E-state index contributed by atoms with van der Waals surface area (Å²) in [4.78, 5) is 24.2. The van der Waals surface area contributed by atoms with Crippen molar-refractivity contribution in [3.05, 3.63) is 29.8 Å². The first-order valence-corrected chi connectivity index (χ1v) is 9.73. The summed E-state index contributed by atoms with van der Waals surface area (Å²) in [6.45, 7) is 8.62. The summed E-state index contributed by atoms with van der Waals surface area (Å²) in [6, 6.07) is 2.81. The zero-order valence-corrected chi connectivity index (χ0v) is 17.2. The number of carbonyl (C=O) groups excluding carboxylic acids is 2. The van der Waals surface area contributed by atoms with E-state index in [1.165, 1.54) is 6.07 Å². The van der Waals surface area contributed by atoms with Gasteiger partial charge in [0.2, 0.25) is 0 Å². The third-order valence-electron chi connectivity index (χ3n) is 3.28. The summed E-state index contributed by atoms with van der Waals surface area (Å²) >= 11 is -2.22. The highest BCUT2D eigenvalue weighted by Crippen LogP contribution is 2.30. The summed E-state index contributed by atoms with van der Waals surface area (Å²) in [7, 11) is 0. The number of carbonyl (C=O) groups is 2. The smallest absolute Gasteiger partial charge is 0.416 e. The molecule has 0 heterocycles. The topological polar surface area (TPSA) is 90.5 Å². The minimum Gasteiger partial charge on any atom is -0.588 e. The average Bonchev–Trinajstić information content (AvgIpc) is 2.51. The van der Waals surface area contributed by atoms with Crippen molar-refractivity contribution >= 4 is 23.4 Å². The Balaban J connectivity index is 2.88. The molecule has 2 N–H and O–H groups in total. The molecular formula is C18H25F3N2O4S. The van der Waals surface area contributed by atoms with Crippen LogP contribution in [0.5, 0.6) is 0 Å². The SMILES string of the molecule is CC(C)C[C@H](NC(=O)OC(C)(C)C)C(=O)N[S+]([O-])c1cccc(C(F)(F)F)c1. The highest BCUT2D eigenvalue weighted by Gasteiger charge is 2.33. The predicted octanol–water partition coefficient (Wildman–Crippen LogP) is 3.78. The maximum Gasteiger partial charge on any atom is 0.416 e. The fraction of sp³-hybridized carbons (Fsp3) is 0.556. The molecule has 2 atom stereocenters. The van der Waals surface area contributed by atoms with Gasteiger partial charge in [-0.2, -0.15) is 17.9 Å². The molecule has 0 radical (unpaired) electrons. The van der Waals surface area contributed by atoms with Crippen LogP contribution in [0.25, 0.3) is 0 Å². The van der Waals surface area contributed by atoms with Gasteiger partial charge in [-0.05, 0) is 45.2 Å². The van der Waals surface area contributed by atoms with E-state index in [2.05, 4.69) is 10.0 Å². The fourth-order valence-corrected chi connectivity index (χ4v) is 3.04. The molecule has 0 aliphatic rings. The van der Waals surface area contributed by atoms with Crippen LogP contribution in [-0.4, -0.2) is 28.2 Å². The van der Waals surface area contributed by atoms with E-state index in [1.807, 2.05) is 13.8 Å².